The Morgan fingerprint density at radius 2 is 1.89 bits per heavy atom. The zero-order chi connectivity index (χ0) is 26.0. The van der Waals surface area contributed by atoms with Crippen LogP contribution in [-0.4, -0.2) is 79.5 Å². The van der Waals surface area contributed by atoms with Gasteiger partial charge in [-0.05, 0) is 69.5 Å². The average molecular weight is 498 g/mol. The SMILES string of the molecule is CCn1c(CC[C@@H]2CCCN2C(=O)[C@H]2CCCN2C(CC(=O)O)C(=O)O)cc2ccc(C(=N)N)cc21. The molecule has 0 aliphatic carbocycles. The number of amides is 1. The van der Waals surface area contributed by atoms with Gasteiger partial charge in [-0.1, -0.05) is 12.1 Å². The van der Waals surface area contributed by atoms with E-state index in [0.29, 0.717) is 31.5 Å². The number of carbonyl (C=O) groups excluding carboxylic acids is 1. The monoisotopic (exact) mass is 497 g/mol. The van der Waals surface area contributed by atoms with Gasteiger partial charge < -0.3 is 25.4 Å². The Morgan fingerprint density at radius 1 is 1.14 bits per heavy atom. The Bertz CT molecular complexity index is 1170. The van der Waals surface area contributed by atoms with Crippen molar-refractivity contribution in [3.05, 3.63) is 35.5 Å². The van der Waals surface area contributed by atoms with Gasteiger partial charge in [0.05, 0.1) is 12.5 Å². The Hall–Kier alpha value is -3.40. The second-order valence-corrected chi connectivity index (χ2v) is 9.78. The largest absolute Gasteiger partial charge is 0.481 e. The van der Waals surface area contributed by atoms with Crippen LogP contribution in [0.5, 0.6) is 0 Å². The summed E-state index contributed by atoms with van der Waals surface area (Å²) in [5.41, 5.74) is 8.58. The second kappa shape index (κ2) is 10.7. The fourth-order valence-electron chi connectivity index (χ4n) is 5.93. The molecular formula is C26H35N5O5. The quantitative estimate of drug-likeness (QED) is 0.290. The van der Waals surface area contributed by atoms with E-state index < -0.39 is 30.4 Å². The van der Waals surface area contributed by atoms with E-state index >= 15 is 0 Å². The number of hydrogen-bond donors (Lipinski definition) is 4. The molecule has 1 aromatic heterocycles. The molecule has 3 atom stereocenters. The number of aromatic nitrogens is 1. The molecule has 1 amide bonds. The summed E-state index contributed by atoms with van der Waals surface area (Å²) in [7, 11) is 0. The Labute approximate surface area is 210 Å². The number of nitrogens with one attached hydrogen (secondary N) is 1. The number of aliphatic carboxylic acids is 2. The van der Waals surface area contributed by atoms with Crippen LogP contribution in [0, 0.1) is 5.41 Å². The molecule has 10 nitrogen and oxygen atoms in total. The predicted octanol–water partition coefficient (Wildman–Crippen LogP) is 2.26. The summed E-state index contributed by atoms with van der Waals surface area (Å²) >= 11 is 0. The standard InChI is InChI=1S/C26H35N5O5/c1-2-29-19(13-16-7-8-17(24(27)28)14-21(16)29)10-9-18-5-3-11-30(18)25(34)20-6-4-12-31(20)22(26(35)36)15-23(32)33/h7-8,13-14,18,20,22H,2-6,9-12,15H2,1H3,(H3,27,28)(H,32,33)(H,35,36)/t18-,20+,22?/m0/s1. The number of hydrogen-bond acceptors (Lipinski definition) is 5. The molecular weight excluding hydrogens is 462 g/mol. The molecule has 2 saturated heterocycles. The molecule has 4 rings (SSSR count). The Kier molecular flexibility index (Phi) is 7.63. The summed E-state index contributed by atoms with van der Waals surface area (Å²) in [4.78, 5) is 40.1. The number of rotatable bonds is 10. The lowest BCUT2D eigenvalue weighted by molar-refractivity contribution is -0.152. The van der Waals surface area contributed by atoms with Gasteiger partial charge in [0.2, 0.25) is 5.91 Å². The van der Waals surface area contributed by atoms with Crippen LogP contribution >= 0.6 is 0 Å². The van der Waals surface area contributed by atoms with Gasteiger partial charge in [-0.25, -0.2) is 0 Å². The summed E-state index contributed by atoms with van der Waals surface area (Å²) < 4.78 is 2.23. The van der Waals surface area contributed by atoms with Gasteiger partial charge >= 0.3 is 11.9 Å². The van der Waals surface area contributed by atoms with E-state index in [-0.39, 0.29) is 17.8 Å². The van der Waals surface area contributed by atoms with Crippen LogP contribution in [0.1, 0.15) is 56.7 Å². The predicted molar refractivity (Wildman–Crippen MR) is 135 cm³/mol. The van der Waals surface area contributed by atoms with E-state index in [4.69, 9.17) is 11.1 Å². The summed E-state index contributed by atoms with van der Waals surface area (Å²) in [5, 5.41) is 27.6. The number of nitrogens with zero attached hydrogens (tertiary/aromatic N) is 3. The molecule has 5 N–H and O–H groups in total. The molecule has 2 aliphatic heterocycles. The smallest absolute Gasteiger partial charge is 0.321 e. The number of benzene rings is 1. The van der Waals surface area contributed by atoms with Gasteiger partial charge in [-0.15, -0.1) is 0 Å². The molecule has 3 heterocycles. The fraction of sp³-hybridized carbons (Fsp3) is 0.538. The number of carboxylic acid groups (broad SMARTS) is 2. The zero-order valence-corrected chi connectivity index (χ0v) is 20.7. The van der Waals surface area contributed by atoms with Gasteiger partial charge in [0.25, 0.3) is 0 Å². The number of fused-ring (bicyclic) bond motifs is 1. The highest BCUT2D eigenvalue weighted by Crippen LogP contribution is 2.30. The highest BCUT2D eigenvalue weighted by molar-refractivity contribution is 5.98. The van der Waals surface area contributed by atoms with Crippen LogP contribution in [-0.2, 0) is 27.3 Å². The number of likely N-dealkylation sites (tertiary alicyclic amines) is 2. The van der Waals surface area contributed by atoms with E-state index in [9.17, 15) is 24.6 Å². The number of carbonyl (C=O) groups is 3. The highest BCUT2D eigenvalue weighted by Gasteiger charge is 2.43. The van der Waals surface area contributed by atoms with Crippen molar-refractivity contribution < 1.29 is 24.6 Å². The van der Waals surface area contributed by atoms with Crippen LogP contribution in [0.25, 0.3) is 10.9 Å². The lowest BCUT2D eigenvalue weighted by Gasteiger charge is -2.33. The first-order chi connectivity index (χ1) is 17.2. The van der Waals surface area contributed by atoms with Crippen molar-refractivity contribution in [3.8, 4) is 0 Å². The molecule has 10 heteroatoms. The van der Waals surface area contributed by atoms with Crippen LogP contribution in [0.15, 0.2) is 24.3 Å². The normalized spacial score (nSPS) is 21.2. The maximum absolute atomic E-state index is 13.6. The topological polar surface area (TPSA) is 153 Å². The average Bonchev–Trinajstić information content (AvgIpc) is 3.57. The maximum atomic E-state index is 13.6. The van der Waals surface area contributed by atoms with Crippen LogP contribution < -0.4 is 5.73 Å². The Balaban J connectivity index is 1.48. The van der Waals surface area contributed by atoms with Crippen LogP contribution in [0.2, 0.25) is 0 Å². The third kappa shape index (κ3) is 5.09. The zero-order valence-electron chi connectivity index (χ0n) is 20.7. The molecule has 2 fully saturated rings. The highest BCUT2D eigenvalue weighted by atomic mass is 16.4. The fourth-order valence-corrected chi connectivity index (χ4v) is 5.93. The van der Waals surface area contributed by atoms with Gasteiger partial charge in [0.1, 0.15) is 11.9 Å². The number of nitrogen functional groups attached to an aromatic ring is 1. The van der Waals surface area contributed by atoms with E-state index in [0.717, 1.165) is 43.1 Å². The van der Waals surface area contributed by atoms with Crippen molar-refractivity contribution in [1.29, 1.82) is 5.41 Å². The molecule has 1 unspecified atom stereocenters. The Morgan fingerprint density at radius 3 is 2.56 bits per heavy atom. The summed E-state index contributed by atoms with van der Waals surface area (Å²) in [5.74, 6) is -2.41. The van der Waals surface area contributed by atoms with E-state index in [1.165, 1.54) is 5.69 Å². The molecule has 0 bridgehead atoms. The van der Waals surface area contributed by atoms with E-state index in [1.54, 1.807) is 4.90 Å². The minimum atomic E-state index is -1.20. The van der Waals surface area contributed by atoms with Crippen molar-refractivity contribution in [2.75, 3.05) is 13.1 Å². The van der Waals surface area contributed by atoms with Crippen molar-refractivity contribution in [2.45, 2.75) is 76.5 Å². The molecule has 2 aromatic rings. The van der Waals surface area contributed by atoms with E-state index in [1.807, 2.05) is 23.1 Å². The third-order valence-electron chi connectivity index (χ3n) is 7.64. The van der Waals surface area contributed by atoms with Crippen LogP contribution in [0.3, 0.4) is 0 Å². The molecule has 0 saturated carbocycles. The molecule has 1 aromatic carbocycles. The molecule has 36 heavy (non-hydrogen) atoms. The third-order valence-corrected chi connectivity index (χ3v) is 7.64. The molecule has 0 radical (unpaired) electrons. The van der Waals surface area contributed by atoms with Crippen LogP contribution in [0.4, 0.5) is 0 Å². The maximum Gasteiger partial charge on any atom is 0.321 e. The number of amidine groups is 1. The van der Waals surface area contributed by atoms with Crippen molar-refractivity contribution >= 4 is 34.6 Å². The summed E-state index contributed by atoms with van der Waals surface area (Å²) in [6.45, 7) is 3.92. The first kappa shape index (κ1) is 25.7. The second-order valence-electron chi connectivity index (χ2n) is 9.78. The molecule has 0 spiro atoms. The first-order valence-corrected chi connectivity index (χ1v) is 12.7. The van der Waals surface area contributed by atoms with Crippen molar-refractivity contribution in [3.63, 3.8) is 0 Å². The first-order valence-electron chi connectivity index (χ1n) is 12.7. The van der Waals surface area contributed by atoms with Crippen molar-refractivity contribution in [1.82, 2.24) is 14.4 Å². The number of carboxylic acids is 2. The van der Waals surface area contributed by atoms with Gasteiger partial charge in [0.15, 0.2) is 0 Å². The lowest BCUT2D eigenvalue weighted by atomic mass is 10.0. The van der Waals surface area contributed by atoms with Gasteiger partial charge in [0, 0.05) is 35.9 Å². The lowest BCUT2D eigenvalue weighted by Crippen LogP contribution is -2.53. The molecule has 2 aliphatic rings. The number of aryl methyl sites for hydroxylation is 2. The minimum Gasteiger partial charge on any atom is -0.481 e. The van der Waals surface area contributed by atoms with Crippen molar-refractivity contribution in [2.24, 2.45) is 5.73 Å². The van der Waals surface area contributed by atoms with Gasteiger partial charge in [-0.3, -0.25) is 24.7 Å². The van der Waals surface area contributed by atoms with Gasteiger partial charge in [-0.2, -0.15) is 0 Å². The summed E-state index contributed by atoms with van der Waals surface area (Å²) in [6.07, 6.45) is 4.10. The number of nitrogens with two attached hydrogens (primary N) is 1. The summed E-state index contributed by atoms with van der Waals surface area (Å²) in [6, 6.07) is 6.23. The minimum absolute atomic E-state index is 0.0388. The molecule has 194 valence electrons. The van der Waals surface area contributed by atoms with E-state index in [2.05, 4.69) is 17.6 Å².